The molecule has 1 aromatic carbocycles. The fourth-order valence-electron chi connectivity index (χ4n) is 3.69. The average Bonchev–Trinajstić information content (AvgIpc) is 3.26. The molecule has 2 amide bonds. The minimum Gasteiger partial charge on any atom is -0.408 e. The van der Waals surface area contributed by atoms with Crippen LogP contribution in [-0.2, 0) is 24.2 Å². The fraction of sp³-hybridized carbons (Fsp3) is 0.381. The topological polar surface area (TPSA) is 93.3 Å². The number of carbonyl (C=O) groups excluding carboxylic acids is 2. The van der Waals surface area contributed by atoms with Crippen LogP contribution in [0, 0.1) is 5.92 Å². The third-order valence-electron chi connectivity index (χ3n) is 5.23. The highest BCUT2D eigenvalue weighted by atomic mass is 32.1. The Bertz CT molecular complexity index is 1110. The molecular weight excluding hydrogens is 390 g/mol. The molecule has 1 atom stereocenters. The first-order chi connectivity index (χ1) is 14.0. The molecule has 7 nitrogen and oxygen atoms in total. The maximum absolute atomic E-state index is 12.3. The summed E-state index contributed by atoms with van der Waals surface area (Å²) in [5.74, 6) is -0.375. The first-order valence-corrected chi connectivity index (χ1v) is 10.6. The molecule has 29 heavy (non-hydrogen) atoms. The van der Waals surface area contributed by atoms with Gasteiger partial charge in [0.25, 0.3) is 5.91 Å². The Morgan fingerprint density at radius 3 is 2.97 bits per heavy atom. The van der Waals surface area contributed by atoms with E-state index in [0.717, 1.165) is 19.3 Å². The van der Waals surface area contributed by atoms with Gasteiger partial charge in [-0.3, -0.25) is 25.0 Å². The van der Waals surface area contributed by atoms with E-state index in [1.807, 2.05) is 18.2 Å². The first-order valence-electron chi connectivity index (χ1n) is 9.80. The molecule has 4 rings (SSSR count). The number of amides is 2. The van der Waals surface area contributed by atoms with Crippen LogP contribution in [0.4, 0.5) is 0 Å². The third-order valence-corrected chi connectivity index (χ3v) is 6.46. The second-order valence-corrected chi connectivity index (χ2v) is 8.64. The van der Waals surface area contributed by atoms with Crippen molar-refractivity contribution in [2.24, 2.45) is 5.92 Å². The van der Waals surface area contributed by atoms with Gasteiger partial charge in [0, 0.05) is 17.8 Å². The minimum absolute atomic E-state index is 0.185. The lowest BCUT2D eigenvalue weighted by molar-refractivity contribution is -0.122. The summed E-state index contributed by atoms with van der Waals surface area (Å²) in [5, 5.41) is 0. The molecule has 0 fully saturated rings. The van der Waals surface area contributed by atoms with E-state index in [0.29, 0.717) is 34.9 Å². The zero-order chi connectivity index (χ0) is 20.4. The zero-order valence-corrected chi connectivity index (χ0v) is 17.0. The Kier molecular flexibility index (Phi) is 5.53. The van der Waals surface area contributed by atoms with E-state index in [4.69, 9.17) is 4.42 Å². The largest absolute Gasteiger partial charge is 0.419 e. The Labute approximate surface area is 171 Å². The molecule has 0 spiro atoms. The van der Waals surface area contributed by atoms with E-state index in [1.54, 1.807) is 12.1 Å². The van der Waals surface area contributed by atoms with Crippen molar-refractivity contribution in [1.29, 1.82) is 0 Å². The quantitative estimate of drug-likeness (QED) is 0.629. The van der Waals surface area contributed by atoms with Crippen molar-refractivity contribution >= 4 is 34.3 Å². The summed E-state index contributed by atoms with van der Waals surface area (Å²) in [6.07, 6.45) is 3.82. The molecule has 0 saturated carbocycles. The van der Waals surface area contributed by atoms with E-state index < -0.39 is 5.76 Å². The van der Waals surface area contributed by atoms with Crippen LogP contribution in [0.1, 0.15) is 46.3 Å². The summed E-state index contributed by atoms with van der Waals surface area (Å²) < 4.78 is 6.69. The number of hydrogen-bond acceptors (Lipinski definition) is 5. The highest BCUT2D eigenvalue weighted by Gasteiger charge is 2.20. The van der Waals surface area contributed by atoms with E-state index in [9.17, 15) is 14.4 Å². The maximum atomic E-state index is 12.3. The number of benzene rings is 1. The molecule has 0 bridgehead atoms. The molecule has 1 aliphatic rings. The number of fused-ring (bicyclic) bond motifs is 2. The smallest absolute Gasteiger partial charge is 0.408 e. The van der Waals surface area contributed by atoms with Gasteiger partial charge in [0.2, 0.25) is 5.91 Å². The standard InChI is InChI=1S/C21H23N3O4S/c1-13-8-9-17-14(11-13)12-18(29-17)20(26)23-22-19(25)7-4-10-24-15-5-2-3-6-16(15)28-21(24)27/h2-3,5-6,12-13H,4,7-11H2,1H3,(H,22,25)(H,23,26). The van der Waals surface area contributed by atoms with Crippen molar-refractivity contribution < 1.29 is 14.0 Å². The van der Waals surface area contributed by atoms with Crippen LogP contribution >= 0.6 is 11.3 Å². The Balaban J connectivity index is 1.26. The summed E-state index contributed by atoms with van der Waals surface area (Å²) in [5.41, 5.74) is 7.44. The van der Waals surface area contributed by atoms with Crippen LogP contribution in [0.25, 0.3) is 11.1 Å². The fourth-order valence-corrected chi connectivity index (χ4v) is 4.80. The second-order valence-electron chi connectivity index (χ2n) is 7.50. The molecule has 2 heterocycles. The number of aromatic nitrogens is 1. The van der Waals surface area contributed by atoms with Gasteiger partial charge in [-0.2, -0.15) is 0 Å². The van der Waals surface area contributed by atoms with Crippen molar-refractivity contribution in [1.82, 2.24) is 15.4 Å². The van der Waals surface area contributed by atoms with Gasteiger partial charge in [-0.25, -0.2) is 4.79 Å². The molecule has 0 aliphatic heterocycles. The van der Waals surface area contributed by atoms with Gasteiger partial charge < -0.3 is 4.42 Å². The number of nitrogens with zero attached hydrogens (tertiary/aromatic N) is 1. The lowest BCUT2D eigenvalue weighted by atomic mass is 9.90. The van der Waals surface area contributed by atoms with Crippen LogP contribution in [0.5, 0.6) is 0 Å². The molecule has 0 saturated heterocycles. The van der Waals surface area contributed by atoms with E-state index in [2.05, 4.69) is 17.8 Å². The molecule has 0 radical (unpaired) electrons. The van der Waals surface area contributed by atoms with Gasteiger partial charge in [-0.05, 0) is 55.4 Å². The van der Waals surface area contributed by atoms with E-state index in [-0.39, 0.29) is 18.2 Å². The number of nitrogens with one attached hydrogen (secondary N) is 2. The molecule has 152 valence electrons. The summed E-state index contributed by atoms with van der Waals surface area (Å²) >= 11 is 1.50. The number of thiophene rings is 1. The molecule has 2 N–H and O–H groups in total. The Morgan fingerprint density at radius 2 is 2.10 bits per heavy atom. The van der Waals surface area contributed by atoms with E-state index >= 15 is 0 Å². The highest BCUT2D eigenvalue weighted by Crippen LogP contribution is 2.32. The van der Waals surface area contributed by atoms with Gasteiger partial charge >= 0.3 is 5.76 Å². The van der Waals surface area contributed by atoms with Gasteiger partial charge in [0.05, 0.1) is 10.4 Å². The van der Waals surface area contributed by atoms with Crippen molar-refractivity contribution in [2.75, 3.05) is 0 Å². The third kappa shape index (κ3) is 4.27. The summed E-state index contributed by atoms with van der Waals surface area (Å²) in [6.45, 7) is 2.59. The van der Waals surface area contributed by atoms with Crippen molar-refractivity contribution in [3.63, 3.8) is 0 Å². The Hall–Kier alpha value is -2.87. The van der Waals surface area contributed by atoms with Crippen molar-refractivity contribution in [3.05, 3.63) is 56.2 Å². The Morgan fingerprint density at radius 1 is 1.28 bits per heavy atom. The summed E-state index contributed by atoms with van der Waals surface area (Å²) in [4.78, 5) is 38.2. The van der Waals surface area contributed by atoms with Gasteiger partial charge in [-0.15, -0.1) is 11.3 Å². The van der Waals surface area contributed by atoms with Crippen LogP contribution in [0.3, 0.4) is 0 Å². The van der Waals surface area contributed by atoms with Gasteiger partial charge in [-0.1, -0.05) is 19.1 Å². The molecule has 3 aromatic rings. The first kappa shape index (κ1) is 19.4. The molecule has 2 aromatic heterocycles. The monoisotopic (exact) mass is 413 g/mol. The number of para-hydroxylation sites is 2. The number of hydrogen-bond donors (Lipinski definition) is 2. The molecule has 8 heteroatoms. The predicted molar refractivity (Wildman–Crippen MR) is 111 cm³/mol. The van der Waals surface area contributed by atoms with Gasteiger partial charge in [0.1, 0.15) is 0 Å². The summed E-state index contributed by atoms with van der Waals surface area (Å²) in [7, 11) is 0. The SMILES string of the molecule is CC1CCc2sc(C(=O)NNC(=O)CCCn3c(=O)oc4ccccc43)cc2C1. The minimum atomic E-state index is -0.434. The van der Waals surface area contributed by atoms with Crippen molar-refractivity contribution in [2.45, 2.75) is 45.6 Å². The predicted octanol–water partition coefficient (Wildman–Crippen LogP) is 3.02. The number of hydrazine groups is 1. The van der Waals surface area contributed by atoms with Crippen LogP contribution in [-0.4, -0.2) is 16.4 Å². The van der Waals surface area contributed by atoms with Crippen LogP contribution in [0.2, 0.25) is 0 Å². The van der Waals surface area contributed by atoms with Gasteiger partial charge in [0.15, 0.2) is 5.58 Å². The lowest BCUT2D eigenvalue weighted by Gasteiger charge is -2.16. The zero-order valence-electron chi connectivity index (χ0n) is 16.2. The molecule has 1 aliphatic carbocycles. The van der Waals surface area contributed by atoms with Crippen LogP contribution in [0.15, 0.2) is 39.5 Å². The number of aryl methyl sites for hydroxylation is 2. The molecule has 1 unspecified atom stereocenters. The normalized spacial score (nSPS) is 15.8. The lowest BCUT2D eigenvalue weighted by Crippen LogP contribution is -2.41. The number of rotatable bonds is 5. The van der Waals surface area contributed by atoms with Crippen LogP contribution < -0.4 is 16.6 Å². The average molecular weight is 413 g/mol. The summed E-state index contributed by atoms with van der Waals surface area (Å²) in [6, 6.07) is 9.11. The maximum Gasteiger partial charge on any atom is 0.419 e. The number of oxazole rings is 1. The van der Waals surface area contributed by atoms with E-state index in [1.165, 1.54) is 26.3 Å². The van der Waals surface area contributed by atoms with Crippen molar-refractivity contribution in [3.8, 4) is 0 Å². The highest BCUT2D eigenvalue weighted by molar-refractivity contribution is 7.14. The molecular formula is C21H23N3O4S. The second kappa shape index (κ2) is 8.24. The number of carbonyl (C=O) groups is 2.